The number of anilines is 3. The summed E-state index contributed by atoms with van der Waals surface area (Å²) >= 11 is 0. The summed E-state index contributed by atoms with van der Waals surface area (Å²) in [4.78, 5) is 2.36. The molecular formula is C65H46B3NO. The quantitative estimate of drug-likeness (QED) is 0.127. The monoisotopic (exact) mass is 889 g/mol. The molecule has 326 valence electrons. The molecule has 1 aliphatic carbocycles. The van der Waals surface area contributed by atoms with Crippen molar-refractivity contribution in [1.82, 2.24) is 0 Å². The first-order chi connectivity index (χ1) is 34.4. The molecule has 0 aromatic heterocycles. The number of hydrogen-bond donors (Lipinski definition) is 1. The van der Waals surface area contributed by atoms with Gasteiger partial charge in [-0.05, 0) is 117 Å². The van der Waals surface area contributed by atoms with E-state index in [1.807, 2.05) is 0 Å². The van der Waals surface area contributed by atoms with Crippen LogP contribution in [0.15, 0.2) is 237 Å². The van der Waals surface area contributed by atoms with Gasteiger partial charge in [-0.1, -0.05) is 229 Å². The van der Waals surface area contributed by atoms with Gasteiger partial charge in [-0.3, -0.25) is 0 Å². The summed E-state index contributed by atoms with van der Waals surface area (Å²) in [7, 11) is 6.58. The second kappa shape index (κ2) is 16.3. The fourth-order valence-electron chi connectivity index (χ4n) is 12.3. The van der Waals surface area contributed by atoms with Gasteiger partial charge in [-0.2, -0.15) is 0 Å². The van der Waals surface area contributed by atoms with Gasteiger partial charge in [-0.15, -0.1) is 0 Å². The highest BCUT2D eigenvalue weighted by Gasteiger charge is 2.46. The topological polar surface area (TPSA) is 23.5 Å². The van der Waals surface area contributed by atoms with Crippen molar-refractivity contribution in [1.29, 1.82) is 0 Å². The van der Waals surface area contributed by atoms with Crippen LogP contribution in [0.1, 0.15) is 22.3 Å². The minimum Gasteiger partial charge on any atom is -0.506 e. The van der Waals surface area contributed by atoms with Gasteiger partial charge in [0.2, 0.25) is 0 Å². The summed E-state index contributed by atoms with van der Waals surface area (Å²) in [6, 6.07) is 86.0. The number of aromatic hydroxyl groups is 1. The first-order valence-electron chi connectivity index (χ1n) is 24.3. The minimum atomic E-state index is -0.612. The molecule has 1 aliphatic rings. The predicted molar refractivity (Wildman–Crippen MR) is 306 cm³/mol. The molecule has 0 aliphatic heterocycles. The van der Waals surface area contributed by atoms with Gasteiger partial charge >= 0.3 is 0 Å². The van der Waals surface area contributed by atoms with Crippen molar-refractivity contribution in [2.75, 3.05) is 4.90 Å². The molecule has 0 heterocycles. The Morgan fingerprint density at radius 1 is 0.357 bits per heavy atom. The standard InChI is InChI=1S/C65H46B3NO/c66-60-59(58-53-34-17-14-30-48(53)47-29-13-16-33-52(47)57(58)40-20-4-1-5-21-40)61(67)64(70)63(62(60)68)69(56-38-41-22-10-11-27-45(41)46-28-12-15-32-51(46)56)44-36-37-50-49-31-18-19-35-54(49)65(55(50)39-44,42-23-6-2-7-24-42)43-25-8-3-9-26-43/h1-39,70H,66-68H2. The molecule has 2 nitrogen and oxygen atoms in total. The second-order valence-electron chi connectivity index (χ2n) is 18.9. The van der Waals surface area contributed by atoms with Crippen molar-refractivity contribution < 1.29 is 5.11 Å². The van der Waals surface area contributed by atoms with Gasteiger partial charge in [0.15, 0.2) is 0 Å². The zero-order valence-corrected chi connectivity index (χ0v) is 39.4. The van der Waals surface area contributed by atoms with Crippen molar-refractivity contribution in [2.45, 2.75) is 5.41 Å². The Labute approximate surface area is 411 Å². The number of fused-ring (bicyclic) bond motifs is 9. The summed E-state index contributed by atoms with van der Waals surface area (Å²) in [5.41, 5.74) is 16.9. The molecule has 0 atom stereocenters. The zero-order valence-electron chi connectivity index (χ0n) is 39.4. The number of rotatable bonds is 7. The van der Waals surface area contributed by atoms with Gasteiger partial charge in [0.1, 0.15) is 29.3 Å². The fourth-order valence-corrected chi connectivity index (χ4v) is 12.3. The van der Waals surface area contributed by atoms with E-state index >= 15 is 0 Å². The Bertz CT molecular complexity index is 3990. The minimum absolute atomic E-state index is 0.257. The summed E-state index contributed by atoms with van der Waals surface area (Å²) < 4.78 is 0. The van der Waals surface area contributed by atoms with Crippen LogP contribution in [0.4, 0.5) is 17.1 Å². The smallest absolute Gasteiger partial charge is 0.145 e. The van der Waals surface area contributed by atoms with E-state index in [2.05, 4.69) is 265 Å². The number of phenols is 1. The molecule has 13 rings (SSSR count). The molecule has 0 bridgehead atoms. The van der Waals surface area contributed by atoms with Gasteiger partial charge in [-0.25, -0.2) is 0 Å². The number of phenolic OH excluding ortho intramolecular Hbond substituents is 1. The molecule has 0 unspecified atom stereocenters. The summed E-state index contributed by atoms with van der Waals surface area (Å²) in [5.74, 6) is 0.257. The maximum absolute atomic E-state index is 13.5. The molecule has 0 saturated heterocycles. The van der Waals surface area contributed by atoms with Crippen molar-refractivity contribution in [3.63, 3.8) is 0 Å². The van der Waals surface area contributed by atoms with E-state index in [0.29, 0.717) is 0 Å². The molecular weight excluding hydrogens is 843 g/mol. The van der Waals surface area contributed by atoms with Crippen molar-refractivity contribution in [2.24, 2.45) is 0 Å². The van der Waals surface area contributed by atoms with Crippen LogP contribution < -0.4 is 21.3 Å². The molecule has 12 aromatic carbocycles. The SMILES string of the molecule is Bc1c(B)c(N(c2ccc3c(c2)C(c2ccccc2)(c2ccccc2)c2ccccc2-3)c2cc3ccccc3c3ccccc23)c(O)c(B)c1-c1c(-c2ccccc2)c2ccccc2c2ccccc12. The van der Waals surface area contributed by atoms with Gasteiger partial charge < -0.3 is 10.0 Å². The molecule has 0 spiro atoms. The average molecular weight is 890 g/mol. The third kappa shape index (κ3) is 6.04. The maximum Gasteiger partial charge on any atom is 0.145 e. The number of benzene rings is 12. The number of hydrogen-bond acceptors (Lipinski definition) is 2. The van der Waals surface area contributed by atoms with Gasteiger partial charge in [0.25, 0.3) is 0 Å². The third-order valence-electron chi connectivity index (χ3n) is 15.4. The van der Waals surface area contributed by atoms with Crippen LogP contribution in [-0.4, -0.2) is 28.6 Å². The van der Waals surface area contributed by atoms with E-state index in [4.69, 9.17) is 0 Å². The first-order valence-corrected chi connectivity index (χ1v) is 24.3. The first kappa shape index (κ1) is 41.6. The van der Waals surface area contributed by atoms with Crippen LogP contribution in [0.5, 0.6) is 5.75 Å². The Morgan fingerprint density at radius 3 is 1.49 bits per heavy atom. The number of nitrogens with zero attached hydrogens (tertiary/aromatic N) is 1. The molecule has 5 heteroatoms. The van der Waals surface area contributed by atoms with Crippen LogP contribution in [0.3, 0.4) is 0 Å². The molecule has 1 N–H and O–H groups in total. The fraction of sp³-hybridized carbons (Fsp3) is 0.0154. The lowest BCUT2D eigenvalue weighted by atomic mass is 9.67. The van der Waals surface area contributed by atoms with E-state index in [-0.39, 0.29) is 5.75 Å². The van der Waals surface area contributed by atoms with Crippen molar-refractivity contribution in [3.05, 3.63) is 259 Å². The average Bonchev–Trinajstić information content (AvgIpc) is 3.72. The van der Waals surface area contributed by atoms with Crippen LogP contribution in [0.2, 0.25) is 0 Å². The molecule has 70 heavy (non-hydrogen) atoms. The second-order valence-corrected chi connectivity index (χ2v) is 18.9. The van der Waals surface area contributed by atoms with Crippen LogP contribution in [-0.2, 0) is 5.41 Å². The van der Waals surface area contributed by atoms with Crippen LogP contribution >= 0.6 is 0 Å². The van der Waals surface area contributed by atoms with Gasteiger partial charge in [0, 0.05) is 11.1 Å². The Balaban J connectivity index is 1.15. The van der Waals surface area contributed by atoms with Crippen LogP contribution in [0, 0.1) is 0 Å². The van der Waals surface area contributed by atoms with E-state index in [1.165, 1.54) is 60.5 Å². The lowest BCUT2D eigenvalue weighted by Gasteiger charge is -2.36. The molecule has 12 aromatic rings. The zero-order chi connectivity index (χ0) is 47.1. The summed E-state index contributed by atoms with van der Waals surface area (Å²) in [6.07, 6.45) is 0. The molecule has 0 radical (unpaired) electrons. The lowest BCUT2D eigenvalue weighted by Crippen LogP contribution is -2.38. The van der Waals surface area contributed by atoms with Gasteiger partial charge in [0.05, 0.1) is 16.8 Å². The van der Waals surface area contributed by atoms with E-state index in [0.717, 1.165) is 71.7 Å². The van der Waals surface area contributed by atoms with E-state index in [1.54, 1.807) is 0 Å². The largest absolute Gasteiger partial charge is 0.506 e. The Kier molecular flexibility index (Phi) is 9.71. The highest BCUT2D eigenvalue weighted by Crippen LogP contribution is 2.58. The molecule has 0 saturated carbocycles. The summed E-state index contributed by atoms with van der Waals surface area (Å²) in [5, 5.41) is 22.9. The van der Waals surface area contributed by atoms with Crippen molar-refractivity contribution in [3.8, 4) is 39.1 Å². The predicted octanol–water partition coefficient (Wildman–Crippen LogP) is 11.9. The maximum atomic E-state index is 13.5. The van der Waals surface area contributed by atoms with Crippen molar-refractivity contribution >= 4 is 100 Å². The van der Waals surface area contributed by atoms with Crippen LogP contribution in [0.25, 0.3) is 76.5 Å². The molecule has 0 fully saturated rings. The highest BCUT2D eigenvalue weighted by atomic mass is 16.3. The lowest BCUT2D eigenvalue weighted by molar-refractivity contribution is 0.481. The normalized spacial score (nSPS) is 12.6. The van der Waals surface area contributed by atoms with E-state index < -0.39 is 5.41 Å². The van der Waals surface area contributed by atoms with E-state index in [9.17, 15) is 5.11 Å². The Hall–Kier alpha value is -8.53. The molecule has 0 amide bonds. The summed E-state index contributed by atoms with van der Waals surface area (Å²) in [6.45, 7) is 0. The third-order valence-corrected chi connectivity index (χ3v) is 15.4. The highest BCUT2D eigenvalue weighted by molar-refractivity contribution is 6.58. The Morgan fingerprint density at radius 2 is 0.843 bits per heavy atom.